The van der Waals surface area contributed by atoms with Crippen LogP contribution in [0, 0.1) is 17.8 Å². The first kappa shape index (κ1) is 74.9. The van der Waals surface area contributed by atoms with E-state index in [0.29, 0.717) is 37.6 Å². The molecule has 0 bridgehead atoms. The zero-order valence-corrected chi connectivity index (χ0v) is 46.8. The zero-order chi connectivity index (χ0) is 52.1. The van der Waals surface area contributed by atoms with Crippen molar-refractivity contribution in [3.05, 3.63) is 105 Å². The van der Waals surface area contributed by atoms with Gasteiger partial charge in [0.25, 0.3) is 0 Å². The SMILES string of the molecule is C=C(CCO)CCC=C(C)C.CC(C)=CCC/C(C)=C/CO.CC(C)=CCC/C(C)=C\CO.CC(C)=CCCC(C)CCO.CC(C)=CCCC(C)CCO.CC(C)=CCCC(C)CCO.[HH].[HH].[HH]. The van der Waals surface area contributed by atoms with Gasteiger partial charge in [0.15, 0.2) is 0 Å². The molecule has 0 aliphatic carbocycles. The van der Waals surface area contributed by atoms with Crippen molar-refractivity contribution in [3.8, 4) is 0 Å². The van der Waals surface area contributed by atoms with Crippen molar-refractivity contribution in [1.29, 1.82) is 0 Å². The van der Waals surface area contributed by atoms with Crippen LogP contribution in [-0.4, -0.2) is 70.3 Å². The molecule has 6 nitrogen and oxygen atoms in total. The van der Waals surface area contributed by atoms with E-state index in [2.05, 4.69) is 161 Å². The molecule has 0 radical (unpaired) electrons. The summed E-state index contributed by atoms with van der Waals surface area (Å²) in [6.07, 6.45) is 34.1. The Bertz CT molecular complexity index is 1210. The molecule has 0 aromatic rings. The summed E-state index contributed by atoms with van der Waals surface area (Å²) in [6, 6.07) is 0. The van der Waals surface area contributed by atoms with E-state index >= 15 is 0 Å². The molecule has 3 unspecified atom stereocenters. The maximum absolute atomic E-state index is 8.63. The van der Waals surface area contributed by atoms with E-state index in [1.165, 1.54) is 63.8 Å². The smallest absolute Gasteiger partial charge is 0.0614 e. The summed E-state index contributed by atoms with van der Waals surface area (Å²) in [4.78, 5) is 0. The van der Waals surface area contributed by atoms with Crippen LogP contribution in [0.2, 0.25) is 0 Å². The number of aliphatic hydroxyl groups excluding tert-OH is 6. The molecule has 0 aromatic heterocycles. The molecule has 0 amide bonds. The van der Waals surface area contributed by atoms with Crippen molar-refractivity contribution in [2.75, 3.05) is 39.6 Å². The highest BCUT2D eigenvalue weighted by molar-refractivity contribution is 5.03. The first-order chi connectivity index (χ1) is 31.0. The lowest BCUT2D eigenvalue weighted by Crippen LogP contribution is -1.96. The highest BCUT2D eigenvalue weighted by atomic mass is 16.3. The fraction of sp³-hybridized carbons (Fsp3) is 0.700. The maximum atomic E-state index is 8.63. The molecule has 0 rings (SSSR count). The predicted molar refractivity (Wildman–Crippen MR) is 303 cm³/mol. The van der Waals surface area contributed by atoms with Crippen LogP contribution in [0.25, 0.3) is 0 Å². The second kappa shape index (κ2) is 58.5. The van der Waals surface area contributed by atoms with E-state index in [4.69, 9.17) is 30.6 Å². The Labute approximate surface area is 416 Å². The maximum Gasteiger partial charge on any atom is 0.0614 e. The van der Waals surface area contributed by atoms with Gasteiger partial charge in [0, 0.05) is 30.7 Å². The topological polar surface area (TPSA) is 121 Å². The lowest BCUT2D eigenvalue weighted by Gasteiger charge is -2.06. The third-order valence-electron chi connectivity index (χ3n) is 10.1. The first-order valence-electron chi connectivity index (χ1n) is 25.4. The minimum Gasteiger partial charge on any atom is -0.396 e. The molecule has 6 heteroatoms. The van der Waals surface area contributed by atoms with E-state index in [1.54, 1.807) is 0 Å². The Kier molecular flexibility index (Phi) is 66.5. The van der Waals surface area contributed by atoms with Crippen LogP contribution in [-0.2, 0) is 0 Å². The minimum absolute atomic E-state index is 0. The average Bonchev–Trinajstić information content (AvgIpc) is 3.19. The highest BCUT2D eigenvalue weighted by Crippen LogP contribution is 2.13. The largest absolute Gasteiger partial charge is 0.396 e. The Morgan fingerprint density at radius 3 is 0.788 bits per heavy atom. The molecule has 0 heterocycles. The van der Waals surface area contributed by atoms with Gasteiger partial charge in [-0.3, -0.25) is 0 Å². The third kappa shape index (κ3) is 84.8. The number of allylic oxidation sites excluding steroid dienone is 14. The number of hydrogen-bond donors (Lipinski definition) is 6. The van der Waals surface area contributed by atoms with Gasteiger partial charge in [-0.1, -0.05) is 126 Å². The Balaban J connectivity index is -0.0000000887. The van der Waals surface area contributed by atoms with E-state index in [0.717, 1.165) is 89.0 Å². The van der Waals surface area contributed by atoms with Gasteiger partial charge in [-0.05, 0) is 217 Å². The summed E-state index contributed by atoms with van der Waals surface area (Å²) in [6.45, 7) is 41.4. The van der Waals surface area contributed by atoms with Crippen molar-refractivity contribution in [3.63, 3.8) is 0 Å². The quantitative estimate of drug-likeness (QED) is 0.0435. The number of aliphatic hydroxyl groups is 6. The van der Waals surface area contributed by atoms with E-state index in [-0.39, 0.29) is 24.1 Å². The summed E-state index contributed by atoms with van der Waals surface area (Å²) < 4.78 is 0. The van der Waals surface area contributed by atoms with Crippen LogP contribution < -0.4 is 0 Å². The lowest BCUT2D eigenvalue weighted by molar-refractivity contribution is 0.258. The minimum atomic E-state index is 0. The normalized spacial score (nSPS) is 11.7. The van der Waals surface area contributed by atoms with E-state index in [9.17, 15) is 0 Å². The van der Waals surface area contributed by atoms with E-state index in [1.807, 2.05) is 12.2 Å². The van der Waals surface area contributed by atoms with Gasteiger partial charge in [-0.2, -0.15) is 0 Å². The average molecular weight is 938 g/mol. The van der Waals surface area contributed by atoms with Gasteiger partial charge < -0.3 is 30.6 Å². The fourth-order valence-electron chi connectivity index (χ4n) is 5.60. The summed E-state index contributed by atoms with van der Waals surface area (Å²) in [5.74, 6) is 1.99. The predicted octanol–water partition coefficient (Wildman–Crippen LogP) is 17.0. The molecule has 0 aromatic carbocycles. The van der Waals surface area contributed by atoms with Gasteiger partial charge in [-0.15, -0.1) is 0 Å². The van der Waals surface area contributed by atoms with Crippen molar-refractivity contribution in [2.24, 2.45) is 17.8 Å². The molecular weight excluding hydrogens is 817 g/mol. The standard InChI is InChI=1S/3C10H20O.3C10H18O.3H2/c6*1-9(2)5-4-6-10(3)7-8-11;;;/h3*5,10-11H,4,6-8H2,1-3H3;2*5,7,11H,4,6,8H2,1-3H3;5,11H,3-4,6-8H2,1-2H3;3*1H/b;;;10-7+;10-7-;;;;. The monoisotopic (exact) mass is 937 g/mol. The molecule has 66 heavy (non-hydrogen) atoms. The number of hydrogen-bond acceptors (Lipinski definition) is 6. The fourth-order valence-corrected chi connectivity index (χ4v) is 5.60. The molecule has 0 aliphatic heterocycles. The number of rotatable bonds is 28. The van der Waals surface area contributed by atoms with Crippen molar-refractivity contribution in [1.82, 2.24) is 0 Å². The molecule has 6 N–H and O–H groups in total. The molecule has 0 aliphatic rings. The van der Waals surface area contributed by atoms with Crippen LogP contribution in [0.15, 0.2) is 105 Å². The van der Waals surface area contributed by atoms with Crippen molar-refractivity contribution < 1.29 is 34.9 Å². The summed E-state index contributed by atoms with van der Waals surface area (Å²) in [5, 5.41) is 51.6. The molecule has 0 spiro atoms. The van der Waals surface area contributed by atoms with Gasteiger partial charge >= 0.3 is 0 Å². The molecule has 0 fully saturated rings. The Morgan fingerprint density at radius 2 is 0.576 bits per heavy atom. The van der Waals surface area contributed by atoms with Crippen LogP contribution in [0.1, 0.15) is 225 Å². The zero-order valence-electron chi connectivity index (χ0n) is 46.8. The molecular formula is C60H120O6. The van der Waals surface area contributed by atoms with Crippen LogP contribution in [0.5, 0.6) is 0 Å². The second-order valence-electron chi connectivity index (χ2n) is 19.6. The lowest BCUT2D eigenvalue weighted by atomic mass is 10.0. The highest BCUT2D eigenvalue weighted by Gasteiger charge is 2.00. The van der Waals surface area contributed by atoms with Crippen molar-refractivity contribution >= 4 is 0 Å². The molecule has 396 valence electrons. The summed E-state index contributed by atoms with van der Waals surface area (Å²) in [7, 11) is 0. The van der Waals surface area contributed by atoms with Crippen LogP contribution >= 0.6 is 0 Å². The third-order valence-corrected chi connectivity index (χ3v) is 10.1. The molecule has 0 saturated carbocycles. The van der Waals surface area contributed by atoms with Gasteiger partial charge in [0.05, 0.1) is 13.2 Å². The van der Waals surface area contributed by atoms with E-state index < -0.39 is 0 Å². The Hall–Kier alpha value is -2.58. The summed E-state index contributed by atoms with van der Waals surface area (Å²) >= 11 is 0. The van der Waals surface area contributed by atoms with Gasteiger partial charge in [0.1, 0.15) is 0 Å². The van der Waals surface area contributed by atoms with Gasteiger partial charge in [-0.25, -0.2) is 0 Å². The first-order valence-corrected chi connectivity index (χ1v) is 25.4. The second-order valence-corrected chi connectivity index (χ2v) is 19.6. The molecule has 0 saturated heterocycles. The van der Waals surface area contributed by atoms with Crippen molar-refractivity contribution in [2.45, 2.75) is 220 Å². The Morgan fingerprint density at radius 1 is 0.333 bits per heavy atom. The summed E-state index contributed by atoms with van der Waals surface area (Å²) in [5.41, 5.74) is 11.9. The van der Waals surface area contributed by atoms with Crippen LogP contribution in [0.4, 0.5) is 0 Å². The molecule has 3 atom stereocenters. The van der Waals surface area contributed by atoms with Gasteiger partial charge in [0.2, 0.25) is 0 Å². The van der Waals surface area contributed by atoms with Crippen LogP contribution in [0.3, 0.4) is 0 Å².